The molecule has 0 bridgehead atoms. The van der Waals surface area contributed by atoms with Crippen LogP contribution in [0.5, 0.6) is 0 Å². The molecule has 2 aromatic rings. The Morgan fingerprint density at radius 3 is 2.58 bits per heavy atom. The van der Waals surface area contributed by atoms with Crippen LogP contribution >= 0.6 is 11.8 Å². The number of hydrogen-bond donors (Lipinski definition) is 2. The van der Waals surface area contributed by atoms with E-state index in [0.29, 0.717) is 12.1 Å². The zero-order valence-electron chi connectivity index (χ0n) is 10.6. The Kier molecular flexibility index (Phi) is 4.47. The first-order valence-electron chi connectivity index (χ1n) is 5.89. The number of benzene rings is 2. The topological polar surface area (TPSA) is 49.3 Å². The van der Waals surface area contributed by atoms with E-state index in [1.807, 2.05) is 30.5 Å². The van der Waals surface area contributed by atoms with E-state index in [4.69, 9.17) is 5.11 Å². The lowest BCUT2D eigenvalue weighted by Crippen LogP contribution is -2.01. The van der Waals surface area contributed by atoms with Gasteiger partial charge < -0.3 is 10.4 Å². The lowest BCUT2D eigenvalue weighted by atomic mass is 10.1. The van der Waals surface area contributed by atoms with Gasteiger partial charge in [0.1, 0.15) is 0 Å². The minimum absolute atomic E-state index is 0.313. The van der Waals surface area contributed by atoms with Gasteiger partial charge in [0.15, 0.2) is 0 Å². The summed E-state index contributed by atoms with van der Waals surface area (Å²) < 4.78 is 0. The Morgan fingerprint density at radius 1 is 1.21 bits per heavy atom. The number of carboxylic acid groups (broad SMARTS) is 1. The Morgan fingerprint density at radius 2 is 1.95 bits per heavy atom. The summed E-state index contributed by atoms with van der Waals surface area (Å²) in [4.78, 5) is 12.0. The zero-order valence-corrected chi connectivity index (χ0v) is 11.4. The van der Waals surface area contributed by atoms with E-state index in [1.54, 1.807) is 23.9 Å². The van der Waals surface area contributed by atoms with Gasteiger partial charge >= 0.3 is 5.97 Å². The van der Waals surface area contributed by atoms with Crippen molar-refractivity contribution in [2.75, 3.05) is 11.6 Å². The number of hydrogen-bond acceptors (Lipinski definition) is 3. The summed E-state index contributed by atoms with van der Waals surface area (Å²) >= 11 is 1.70. The number of rotatable bonds is 5. The van der Waals surface area contributed by atoms with E-state index in [9.17, 15) is 4.79 Å². The molecule has 2 aromatic carbocycles. The van der Waals surface area contributed by atoms with Crippen LogP contribution in [0, 0.1) is 0 Å². The van der Waals surface area contributed by atoms with Gasteiger partial charge in [-0.3, -0.25) is 0 Å². The van der Waals surface area contributed by atoms with Crippen molar-refractivity contribution >= 4 is 23.4 Å². The van der Waals surface area contributed by atoms with Crippen LogP contribution in [0.15, 0.2) is 53.4 Å². The molecule has 0 heterocycles. The molecule has 0 radical (unpaired) electrons. The SMILES string of the molecule is CSc1cccc(NCc2ccc(C(=O)O)cc2)c1. The fourth-order valence-corrected chi connectivity index (χ4v) is 2.16. The number of aromatic carboxylic acids is 1. The molecule has 19 heavy (non-hydrogen) atoms. The number of carbonyl (C=O) groups is 1. The second-order valence-electron chi connectivity index (χ2n) is 4.09. The van der Waals surface area contributed by atoms with Crippen LogP contribution in [0.2, 0.25) is 0 Å². The lowest BCUT2D eigenvalue weighted by Gasteiger charge is -2.08. The monoisotopic (exact) mass is 273 g/mol. The number of nitrogens with one attached hydrogen (secondary N) is 1. The summed E-state index contributed by atoms with van der Waals surface area (Å²) in [7, 11) is 0. The minimum Gasteiger partial charge on any atom is -0.478 e. The maximum Gasteiger partial charge on any atom is 0.335 e. The maximum absolute atomic E-state index is 10.7. The molecule has 2 N–H and O–H groups in total. The van der Waals surface area contributed by atoms with Crippen molar-refractivity contribution in [3.8, 4) is 0 Å². The molecule has 4 heteroatoms. The summed E-state index contributed by atoms with van der Waals surface area (Å²) in [5.74, 6) is -0.896. The van der Waals surface area contributed by atoms with Crippen LogP contribution in [0.4, 0.5) is 5.69 Å². The number of thioether (sulfide) groups is 1. The third kappa shape index (κ3) is 3.76. The molecule has 0 saturated heterocycles. The van der Waals surface area contributed by atoms with Crippen molar-refractivity contribution in [2.24, 2.45) is 0 Å². The second-order valence-corrected chi connectivity index (χ2v) is 4.97. The van der Waals surface area contributed by atoms with Gasteiger partial charge in [-0.25, -0.2) is 4.79 Å². The first-order chi connectivity index (χ1) is 9.19. The normalized spacial score (nSPS) is 10.2. The molecular formula is C15H15NO2S. The molecule has 3 nitrogen and oxygen atoms in total. The Labute approximate surface area is 116 Å². The molecule has 0 aliphatic heterocycles. The molecule has 0 aromatic heterocycles. The van der Waals surface area contributed by atoms with E-state index >= 15 is 0 Å². The van der Waals surface area contributed by atoms with Gasteiger partial charge in [-0.05, 0) is 42.2 Å². The second kappa shape index (κ2) is 6.29. The van der Waals surface area contributed by atoms with Crippen LogP contribution in [0.3, 0.4) is 0 Å². The highest BCUT2D eigenvalue weighted by molar-refractivity contribution is 7.98. The lowest BCUT2D eigenvalue weighted by molar-refractivity contribution is 0.0697. The average molecular weight is 273 g/mol. The van der Waals surface area contributed by atoms with E-state index in [1.165, 1.54) is 4.90 Å². The van der Waals surface area contributed by atoms with Crippen LogP contribution in [-0.2, 0) is 6.54 Å². The molecule has 0 fully saturated rings. The quantitative estimate of drug-likeness (QED) is 0.815. The molecule has 0 aliphatic carbocycles. The highest BCUT2D eigenvalue weighted by Gasteiger charge is 2.01. The standard InChI is InChI=1S/C15H15NO2S/c1-19-14-4-2-3-13(9-14)16-10-11-5-7-12(8-6-11)15(17)18/h2-9,16H,10H2,1H3,(H,17,18). The smallest absolute Gasteiger partial charge is 0.335 e. The first-order valence-corrected chi connectivity index (χ1v) is 7.11. The zero-order chi connectivity index (χ0) is 13.7. The Balaban J connectivity index is 1.99. The third-order valence-corrected chi connectivity index (χ3v) is 3.49. The summed E-state index contributed by atoms with van der Waals surface area (Å²) in [6, 6.07) is 15.1. The largest absolute Gasteiger partial charge is 0.478 e. The minimum atomic E-state index is -0.896. The van der Waals surface area contributed by atoms with E-state index in [0.717, 1.165) is 11.3 Å². The van der Waals surface area contributed by atoms with Crippen LogP contribution in [0.25, 0.3) is 0 Å². The molecule has 0 atom stereocenters. The van der Waals surface area contributed by atoms with Crippen molar-refractivity contribution in [1.82, 2.24) is 0 Å². The predicted octanol–water partition coefficient (Wildman–Crippen LogP) is 3.72. The van der Waals surface area contributed by atoms with Gasteiger partial charge in [0.25, 0.3) is 0 Å². The molecule has 0 unspecified atom stereocenters. The average Bonchev–Trinajstić information content (AvgIpc) is 2.46. The number of anilines is 1. The summed E-state index contributed by atoms with van der Waals surface area (Å²) in [6.45, 7) is 0.678. The molecule has 0 amide bonds. The summed E-state index contributed by atoms with van der Waals surface area (Å²) in [5.41, 5.74) is 2.43. The highest BCUT2D eigenvalue weighted by Crippen LogP contribution is 2.19. The molecular weight excluding hydrogens is 258 g/mol. The Bertz CT molecular complexity index is 567. The summed E-state index contributed by atoms with van der Waals surface area (Å²) in [5, 5.41) is 12.1. The molecule has 0 saturated carbocycles. The van der Waals surface area contributed by atoms with Crippen molar-refractivity contribution in [1.29, 1.82) is 0 Å². The van der Waals surface area contributed by atoms with Gasteiger partial charge in [-0.2, -0.15) is 0 Å². The number of carboxylic acids is 1. The van der Waals surface area contributed by atoms with E-state index < -0.39 is 5.97 Å². The van der Waals surface area contributed by atoms with Crippen molar-refractivity contribution in [3.05, 3.63) is 59.7 Å². The van der Waals surface area contributed by atoms with Crippen LogP contribution in [-0.4, -0.2) is 17.3 Å². The predicted molar refractivity (Wildman–Crippen MR) is 79.0 cm³/mol. The van der Waals surface area contributed by atoms with Gasteiger partial charge in [-0.15, -0.1) is 11.8 Å². The van der Waals surface area contributed by atoms with Gasteiger partial charge in [0, 0.05) is 17.1 Å². The van der Waals surface area contributed by atoms with Crippen molar-refractivity contribution < 1.29 is 9.90 Å². The van der Waals surface area contributed by atoms with Crippen molar-refractivity contribution in [2.45, 2.75) is 11.4 Å². The molecule has 0 spiro atoms. The Hall–Kier alpha value is -1.94. The van der Waals surface area contributed by atoms with Gasteiger partial charge in [0.05, 0.1) is 5.56 Å². The first kappa shape index (κ1) is 13.5. The molecule has 0 aliphatic rings. The third-order valence-electron chi connectivity index (χ3n) is 2.77. The highest BCUT2D eigenvalue weighted by atomic mass is 32.2. The maximum atomic E-state index is 10.7. The molecule has 98 valence electrons. The van der Waals surface area contributed by atoms with Gasteiger partial charge in [0.2, 0.25) is 0 Å². The van der Waals surface area contributed by atoms with E-state index in [2.05, 4.69) is 17.4 Å². The summed E-state index contributed by atoms with van der Waals surface area (Å²) in [6.07, 6.45) is 2.05. The van der Waals surface area contributed by atoms with Gasteiger partial charge in [-0.1, -0.05) is 18.2 Å². The fourth-order valence-electron chi connectivity index (χ4n) is 1.70. The van der Waals surface area contributed by atoms with Crippen molar-refractivity contribution in [3.63, 3.8) is 0 Å². The fraction of sp³-hybridized carbons (Fsp3) is 0.133. The molecule has 2 rings (SSSR count). The van der Waals surface area contributed by atoms with E-state index in [-0.39, 0.29) is 0 Å². The van der Waals surface area contributed by atoms with Crippen LogP contribution < -0.4 is 5.32 Å². The van der Waals surface area contributed by atoms with Crippen LogP contribution in [0.1, 0.15) is 15.9 Å².